The highest BCUT2D eigenvalue weighted by Crippen LogP contribution is 2.32. The van der Waals surface area contributed by atoms with Gasteiger partial charge in [0.2, 0.25) is 5.91 Å². The van der Waals surface area contributed by atoms with E-state index in [4.69, 9.17) is 4.74 Å². The van der Waals surface area contributed by atoms with Gasteiger partial charge in [-0.25, -0.2) is 4.98 Å². The van der Waals surface area contributed by atoms with Crippen LogP contribution in [0.15, 0.2) is 53.9 Å². The van der Waals surface area contributed by atoms with Gasteiger partial charge in [0.1, 0.15) is 10.8 Å². The molecule has 4 rings (SSSR count). The number of ether oxygens (including phenoxy) is 1. The number of nitrogens with zero attached hydrogens (tertiary/aromatic N) is 3. The van der Waals surface area contributed by atoms with Crippen LogP contribution >= 0.6 is 11.3 Å². The number of amides is 1. The lowest BCUT2D eigenvalue weighted by atomic mass is 10.2. The van der Waals surface area contributed by atoms with Gasteiger partial charge >= 0.3 is 0 Å². The first-order chi connectivity index (χ1) is 16.6. The maximum absolute atomic E-state index is 12.4. The summed E-state index contributed by atoms with van der Waals surface area (Å²) in [6, 6.07) is 16.6. The molecule has 1 aliphatic heterocycles. The Balaban J connectivity index is 1.16. The number of hydrogen-bond acceptors (Lipinski definition) is 6. The number of carbonyl (C=O) groups excluding carboxylic acids is 1. The molecule has 1 amide bonds. The van der Waals surface area contributed by atoms with E-state index in [9.17, 15) is 4.79 Å². The average molecular weight is 479 g/mol. The van der Waals surface area contributed by atoms with Gasteiger partial charge in [-0.3, -0.25) is 9.69 Å². The first-order valence-corrected chi connectivity index (χ1v) is 13.0. The van der Waals surface area contributed by atoms with E-state index in [0.717, 1.165) is 61.2 Å². The maximum atomic E-state index is 12.4. The zero-order valence-corrected chi connectivity index (χ0v) is 20.9. The lowest BCUT2D eigenvalue weighted by molar-refractivity contribution is -0.120. The number of hydrogen-bond donors (Lipinski definition) is 1. The maximum Gasteiger partial charge on any atom is 0.226 e. The van der Waals surface area contributed by atoms with Gasteiger partial charge in [-0.2, -0.15) is 0 Å². The van der Waals surface area contributed by atoms with Crippen molar-refractivity contribution < 1.29 is 9.53 Å². The predicted molar refractivity (Wildman–Crippen MR) is 140 cm³/mol. The van der Waals surface area contributed by atoms with Crippen molar-refractivity contribution in [1.29, 1.82) is 0 Å². The third-order valence-corrected chi connectivity index (χ3v) is 6.95. The van der Waals surface area contributed by atoms with Gasteiger partial charge in [0.15, 0.2) is 0 Å². The molecule has 180 valence electrons. The van der Waals surface area contributed by atoms with Gasteiger partial charge in [0, 0.05) is 43.8 Å². The zero-order chi connectivity index (χ0) is 23.8. The highest BCUT2D eigenvalue weighted by atomic mass is 32.1. The summed E-state index contributed by atoms with van der Waals surface area (Å²) in [7, 11) is 0. The third kappa shape index (κ3) is 6.58. The van der Waals surface area contributed by atoms with E-state index >= 15 is 0 Å². The van der Waals surface area contributed by atoms with Crippen LogP contribution < -0.4 is 15.0 Å². The topological polar surface area (TPSA) is 57.7 Å². The second-order valence-corrected chi connectivity index (χ2v) is 9.48. The molecule has 3 aromatic rings. The van der Waals surface area contributed by atoms with Gasteiger partial charge in [-0.1, -0.05) is 24.3 Å². The molecule has 34 heavy (non-hydrogen) atoms. The molecule has 0 saturated carbocycles. The standard InChI is InChI=1S/C27H34N4O2S/c1-3-33-25-11-5-4-10-24(25)27-29-22(20-34-27)19-26(32)28-12-7-13-30-14-16-31(17-15-30)23-9-6-8-21(2)18-23/h4-6,8-11,18,20H,3,7,12-17,19H2,1-2H3,(H,28,32). The second-order valence-electron chi connectivity index (χ2n) is 8.62. The number of para-hydroxylation sites is 1. The van der Waals surface area contributed by atoms with E-state index in [0.29, 0.717) is 19.6 Å². The first kappa shape index (κ1) is 24.2. The monoisotopic (exact) mass is 478 g/mol. The molecule has 1 saturated heterocycles. The quantitative estimate of drug-likeness (QED) is 0.438. The number of nitrogens with one attached hydrogen (secondary N) is 1. The molecule has 2 aromatic carbocycles. The smallest absolute Gasteiger partial charge is 0.226 e. The SMILES string of the molecule is CCOc1ccccc1-c1nc(CC(=O)NCCCN2CCN(c3cccc(C)c3)CC2)cs1. The summed E-state index contributed by atoms with van der Waals surface area (Å²) in [4.78, 5) is 22.0. The van der Waals surface area contributed by atoms with Crippen LogP contribution in [0.25, 0.3) is 10.6 Å². The van der Waals surface area contributed by atoms with Crippen molar-refractivity contribution in [3.05, 3.63) is 65.2 Å². The fourth-order valence-electron chi connectivity index (χ4n) is 4.25. The number of piperazine rings is 1. The highest BCUT2D eigenvalue weighted by molar-refractivity contribution is 7.13. The Morgan fingerprint density at radius 2 is 1.94 bits per heavy atom. The number of benzene rings is 2. The summed E-state index contributed by atoms with van der Waals surface area (Å²) < 4.78 is 5.71. The Morgan fingerprint density at radius 3 is 2.74 bits per heavy atom. The van der Waals surface area contributed by atoms with Crippen LogP contribution in [0.5, 0.6) is 5.75 Å². The van der Waals surface area contributed by atoms with Crippen LogP contribution in [0.4, 0.5) is 5.69 Å². The average Bonchev–Trinajstić information content (AvgIpc) is 3.31. The summed E-state index contributed by atoms with van der Waals surface area (Å²) in [5.74, 6) is 0.856. The van der Waals surface area contributed by atoms with E-state index in [1.807, 2.05) is 36.6 Å². The molecule has 0 atom stereocenters. The van der Waals surface area contributed by atoms with Gasteiger partial charge in [-0.05, 0) is 56.6 Å². The number of carbonyl (C=O) groups is 1. The number of thiazole rings is 1. The summed E-state index contributed by atoms with van der Waals surface area (Å²) >= 11 is 1.55. The second kappa shape index (κ2) is 12.0. The molecule has 1 aromatic heterocycles. The van der Waals surface area contributed by atoms with Crippen molar-refractivity contribution >= 4 is 22.9 Å². The number of rotatable bonds is 10. The van der Waals surface area contributed by atoms with E-state index in [1.165, 1.54) is 11.3 Å². The molecule has 0 spiro atoms. The van der Waals surface area contributed by atoms with Crippen LogP contribution in [0.1, 0.15) is 24.6 Å². The molecule has 0 aliphatic carbocycles. The molecule has 6 nitrogen and oxygen atoms in total. The largest absolute Gasteiger partial charge is 0.493 e. The van der Waals surface area contributed by atoms with Gasteiger partial charge in [-0.15, -0.1) is 11.3 Å². The molecule has 1 aliphatic rings. The van der Waals surface area contributed by atoms with Crippen LogP contribution in [-0.4, -0.2) is 61.7 Å². The van der Waals surface area contributed by atoms with Crippen molar-refractivity contribution in [2.24, 2.45) is 0 Å². The minimum absolute atomic E-state index is 0.0270. The Hall–Kier alpha value is -2.90. The van der Waals surface area contributed by atoms with Gasteiger partial charge in [0.05, 0.1) is 24.3 Å². The fourth-order valence-corrected chi connectivity index (χ4v) is 5.10. The Kier molecular flexibility index (Phi) is 8.55. The van der Waals surface area contributed by atoms with E-state index in [2.05, 4.69) is 51.3 Å². The normalized spacial score (nSPS) is 14.2. The molecular weight excluding hydrogens is 444 g/mol. The van der Waals surface area contributed by atoms with Crippen LogP contribution in [-0.2, 0) is 11.2 Å². The Bertz CT molecular complexity index is 1080. The third-order valence-electron chi connectivity index (χ3n) is 6.02. The first-order valence-electron chi connectivity index (χ1n) is 12.1. The number of aryl methyl sites for hydroxylation is 1. The summed E-state index contributed by atoms with van der Waals surface area (Å²) in [6.45, 7) is 10.7. The zero-order valence-electron chi connectivity index (χ0n) is 20.1. The number of aromatic nitrogens is 1. The highest BCUT2D eigenvalue weighted by Gasteiger charge is 2.17. The predicted octanol–water partition coefficient (Wildman–Crippen LogP) is 4.39. The van der Waals surface area contributed by atoms with Crippen LogP contribution in [0.2, 0.25) is 0 Å². The number of anilines is 1. The molecule has 0 bridgehead atoms. The molecule has 1 N–H and O–H groups in total. The minimum Gasteiger partial charge on any atom is -0.493 e. The molecule has 0 unspecified atom stereocenters. The van der Waals surface area contributed by atoms with Crippen molar-refractivity contribution in [1.82, 2.24) is 15.2 Å². The lowest BCUT2D eigenvalue weighted by Crippen LogP contribution is -2.47. The Labute approximate surface area is 206 Å². The fraction of sp³-hybridized carbons (Fsp3) is 0.407. The molecule has 2 heterocycles. The summed E-state index contributed by atoms with van der Waals surface area (Å²) in [5, 5.41) is 5.91. The van der Waals surface area contributed by atoms with Crippen LogP contribution in [0, 0.1) is 6.92 Å². The van der Waals surface area contributed by atoms with Crippen LogP contribution in [0.3, 0.4) is 0 Å². The van der Waals surface area contributed by atoms with Crippen molar-refractivity contribution in [2.45, 2.75) is 26.7 Å². The molecule has 7 heteroatoms. The van der Waals surface area contributed by atoms with E-state index in [1.54, 1.807) is 11.3 Å². The lowest BCUT2D eigenvalue weighted by Gasteiger charge is -2.36. The van der Waals surface area contributed by atoms with Crippen molar-refractivity contribution in [3.63, 3.8) is 0 Å². The van der Waals surface area contributed by atoms with E-state index in [-0.39, 0.29) is 5.91 Å². The van der Waals surface area contributed by atoms with Crippen molar-refractivity contribution in [2.75, 3.05) is 50.8 Å². The van der Waals surface area contributed by atoms with Crippen molar-refractivity contribution in [3.8, 4) is 16.3 Å². The molecular formula is C27H34N4O2S. The summed E-state index contributed by atoms with van der Waals surface area (Å²) in [6.07, 6.45) is 1.27. The minimum atomic E-state index is 0.0270. The van der Waals surface area contributed by atoms with Gasteiger partial charge < -0.3 is 15.0 Å². The molecule has 1 fully saturated rings. The van der Waals surface area contributed by atoms with Gasteiger partial charge in [0.25, 0.3) is 0 Å². The Morgan fingerprint density at radius 1 is 1.12 bits per heavy atom. The summed E-state index contributed by atoms with van der Waals surface area (Å²) in [5.41, 5.74) is 4.40. The van der Waals surface area contributed by atoms with E-state index < -0.39 is 0 Å². The molecule has 0 radical (unpaired) electrons.